The standard InChI is InChI=1S/C14H21F3N2OS/c1-3-9(2)12-11(8-20)21-13(18-12)19-6-4-5-10(7-19)14(15,16)17/h9-10,20H,3-8H2,1-2H3. The van der Waals surface area contributed by atoms with Gasteiger partial charge in [-0.05, 0) is 25.2 Å². The smallest absolute Gasteiger partial charge is 0.391 e. The first kappa shape index (κ1) is 16.5. The molecule has 0 bridgehead atoms. The van der Waals surface area contributed by atoms with Gasteiger partial charge in [0.15, 0.2) is 5.13 Å². The second-order valence-corrected chi connectivity index (χ2v) is 6.66. The van der Waals surface area contributed by atoms with Gasteiger partial charge in [0.05, 0.1) is 23.1 Å². The molecule has 1 aromatic rings. The zero-order chi connectivity index (χ0) is 15.6. The maximum Gasteiger partial charge on any atom is 0.393 e. The highest BCUT2D eigenvalue weighted by Crippen LogP contribution is 2.38. The van der Waals surface area contributed by atoms with E-state index in [2.05, 4.69) is 4.98 Å². The van der Waals surface area contributed by atoms with Crippen LogP contribution in [0.5, 0.6) is 0 Å². The lowest BCUT2D eigenvalue weighted by atomic mass is 9.98. The molecule has 2 heterocycles. The van der Waals surface area contributed by atoms with Gasteiger partial charge in [-0.1, -0.05) is 25.2 Å². The van der Waals surface area contributed by atoms with Gasteiger partial charge in [-0.2, -0.15) is 13.2 Å². The van der Waals surface area contributed by atoms with E-state index in [1.165, 1.54) is 11.3 Å². The summed E-state index contributed by atoms with van der Waals surface area (Å²) in [7, 11) is 0. The minimum absolute atomic E-state index is 0.0260. The molecule has 2 atom stereocenters. The number of aliphatic hydroxyl groups is 1. The topological polar surface area (TPSA) is 36.4 Å². The fourth-order valence-corrected chi connectivity index (χ4v) is 3.67. The third kappa shape index (κ3) is 3.69. The Morgan fingerprint density at radius 2 is 2.19 bits per heavy atom. The number of thiazole rings is 1. The Kier molecular flexibility index (Phi) is 5.14. The van der Waals surface area contributed by atoms with Crippen molar-refractivity contribution in [3.8, 4) is 0 Å². The van der Waals surface area contributed by atoms with Crippen LogP contribution in [0.1, 0.15) is 49.6 Å². The van der Waals surface area contributed by atoms with Crippen LogP contribution in [0.25, 0.3) is 0 Å². The molecule has 1 aliphatic rings. The van der Waals surface area contributed by atoms with E-state index in [4.69, 9.17) is 0 Å². The summed E-state index contributed by atoms with van der Waals surface area (Å²) in [5.74, 6) is -1.07. The Bertz CT molecular complexity index is 475. The molecular formula is C14H21F3N2OS. The molecular weight excluding hydrogens is 301 g/mol. The van der Waals surface area contributed by atoms with E-state index >= 15 is 0 Å². The molecule has 0 amide bonds. The predicted octanol–water partition coefficient (Wildman–Crippen LogP) is 3.93. The van der Waals surface area contributed by atoms with Crippen LogP contribution in [0.4, 0.5) is 18.3 Å². The molecule has 7 heteroatoms. The molecule has 3 nitrogen and oxygen atoms in total. The molecule has 2 unspecified atom stereocenters. The fourth-order valence-electron chi connectivity index (χ4n) is 2.60. The normalized spacial score (nSPS) is 21.6. The first-order valence-electron chi connectivity index (χ1n) is 7.28. The van der Waals surface area contributed by atoms with Crippen LogP contribution >= 0.6 is 11.3 Å². The van der Waals surface area contributed by atoms with Crippen LogP contribution in [-0.4, -0.2) is 29.4 Å². The molecule has 0 spiro atoms. The maximum absolute atomic E-state index is 12.9. The molecule has 1 aromatic heterocycles. The third-order valence-corrected chi connectivity index (χ3v) is 5.21. The van der Waals surface area contributed by atoms with Gasteiger partial charge in [0.2, 0.25) is 0 Å². The SMILES string of the molecule is CCC(C)c1nc(N2CCCC(C(F)(F)F)C2)sc1CO. The van der Waals surface area contributed by atoms with E-state index in [0.717, 1.165) is 17.0 Å². The average Bonchev–Trinajstić information content (AvgIpc) is 2.90. The van der Waals surface area contributed by atoms with Crippen molar-refractivity contribution >= 4 is 16.5 Å². The first-order chi connectivity index (χ1) is 9.86. The quantitative estimate of drug-likeness (QED) is 0.912. The second-order valence-electron chi connectivity index (χ2n) is 5.60. The minimum atomic E-state index is -4.14. The molecule has 2 rings (SSSR count). The van der Waals surface area contributed by atoms with E-state index in [1.807, 2.05) is 13.8 Å². The molecule has 120 valence electrons. The monoisotopic (exact) mass is 322 g/mol. The lowest BCUT2D eigenvalue weighted by Crippen LogP contribution is -2.41. The van der Waals surface area contributed by atoms with Gasteiger partial charge in [0.25, 0.3) is 0 Å². The van der Waals surface area contributed by atoms with Crippen LogP contribution < -0.4 is 4.90 Å². The number of anilines is 1. The lowest BCUT2D eigenvalue weighted by Gasteiger charge is -2.33. The number of aliphatic hydroxyl groups excluding tert-OH is 1. The van der Waals surface area contributed by atoms with Crippen LogP contribution in [-0.2, 0) is 6.61 Å². The van der Waals surface area contributed by atoms with Crippen molar-refractivity contribution < 1.29 is 18.3 Å². The number of nitrogens with zero attached hydrogens (tertiary/aromatic N) is 2. The van der Waals surface area contributed by atoms with Crippen molar-refractivity contribution in [2.24, 2.45) is 5.92 Å². The Morgan fingerprint density at radius 3 is 2.76 bits per heavy atom. The Labute approximate surface area is 126 Å². The number of rotatable bonds is 4. The van der Waals surface area contributed by atoms with Crippen molar-refractivity contribution in [3.05, 3.63) is 10.6 Å². The van der Waals surface area contributed by atoms with Crippen molar-refractivity contribution in [1.29, 1.82) is 0 Å². The van der Waals surface area contributed by atoms with Gasteiger partial charge < -0.3 is 10.0 Å². The van der Waals surface area contributed by atoms with Gasteiger partial charge in [-0.25, -0.2) is 4.98 Å². The third-order valence-electron chi connectivity index (χ3n) is 4.09. The molecule has 21 heavy (non-hydrogen) atoms. The number of alkyl halides is 3. The number of halogens is 3. The Morgan fingerprint density at radius 1 is 1.48 bits per heavy atom. The largest absolute Gasteiger partial charge is 0.393 e. The zero-order valence-corrected chi connectivity index (χ0v) is 13.1. The summed E-state index contributed by atoms with van der Waals surface area (Å²) in [6.45, 7) is 4.53. The van der Waals surface area contributed by atoms with E-state index in [0.29, 0.717) is 18.1 Å². The highest BCUT2D eigenvalue weighted by molar-refractivity contribution is 7.15. The minimum Gasteiger partial charge on any atom is -0.391 e. The van der Waals surface area contributed by atoms with Crippen molar-refractivity contribution in [2.75, 3.05) is 18.0 Å². The predicted molar refractivity (Wildman–Crippen MR) is 77.7 cm³/mol. The van der Waals surface area contributed by atoms with E-state index in [1.54, 1.807) is 4.90 Å². The molecule has 0 aromatic carbocycles. The summed E-state index contributed by atoms with van der Waals surface area (Å²) in [5.41, 5.74) is 0.828. The van der Waals surface area contributed by atoms with Crippen LogP contribution in [0.2, 0.25) is 0 Å². The van der Waals surface area contributed by atoms with Crippen molar-refractivity contribution in [1.82, 2.24) is 4.98 Å². The molecule has 0 saturated carbocycles. The number of hydrogen-bond donors (Lipinski definition) is 1. The van der Waals surface area contributed by atoms with Crippen LogP contribution in [0.15, 0.2) is 0 Å². The lowest BCUT2D eigenvalue weighted by molar-refractivity contribution is -0.175. The van der Waals surface area contributed by atoms with Gasteiger partial charge >= 0.3 is 6.18 Å². The average molecular weight is 322 g/mol. The van der Waals surface area contributed by atoms with E-state index < -0.39 is 12.1 Å². The highest BCUT2D eigenvalue weighted by Gasteiger charge is 2.42. The maximum atomic E-state index is 12.9. The summed E-state index contributed by atoms with van der Waals surface area (Å²) >= 11 is 1.32. The summed E-state index contributed by atoms with van der Waals surface area (Å²) in [6, 6.07) is 0. The molecule has 0 radical (unpaired) electrons. The summed E-state index contributed by atoms with van der Waals surface area (Å²) in [5, 5.41) is 10.0. The number of hydrogen-bond acceptors (Lipinski definition) is 4. The molecule has 1 N–H and O–H groups in total. The van der Waals surface area contributed by atoms with Crippen LogP contribution in [0, 0.1) is 5.92 Å². The van der Waals surface area contributed by atoms with Crippen LogP contribution in [0.3, 0.4) is 0 Å². The molecule has 1 saturated heterocycles. The number of piperidine rings is 1. The Balaban J connectivity index is 2.19. The van der Waals surface area contributed by atoms with Crippen molar-refractivity contribution in [2.45, 2.75) is 51.8 Å². The Hall–Kier alpha value is -0.820. The highest BCUT2D eigenvalue weighted by atomic mass is 32.1. The van der Waals surface area contributed by atoms with Gasteiger partial charge in [0, 0.05) is 13.1 Å². The fraction of sp³-hybridized carbons (Fsp3) is 0.786. The summed E-state index contributed by atoms with van der Waals surface area (Å²) in [4.78, 5) is 7.00. The molecule has 0 aliphatic carbocycles. The second kappa shape index (κ2) is 6.52. The van der Waals surface area contributed by atoms with Gasteiger partial charge in [-0.15, -0.1) is 0 Å². The van der Waals surface area contributed by atoms with Gasteiger partial charge in [0.1, 0.15) is 0 Å². The molecule has 1 aliphatic heterocycles. The zero-order valence-electron chi connectivity index (χ0n) is 12.3. The van der Waals surface area contributed by atoms with Gasteiger partial charge in [-0.3, -0.25) is 0 Å². The number of aromatic nitrogens is 1. The summed E-state index contributed by atoms with van der Waals surface area (Å²) < 4.78 is 38.6. The van der Waals surface area contributed by atoms with Crippen molar-refractivity contribution in [3.63, 3.8) is 0 Å². The first-order valence-corrected chi connectivity index (χ1v) is 8.10. The van der Waals surface area contributed by atoms with E-state index in [9.17, 15) is 18.3 Å². The molecule has 1 fully saturated rings. The van der Waals surface area contributed by atoms with E-state index in [-0.39, 0.29) is 25.5 Å². The summed E-state index contributed by atoms with van der Waals surface area (Å²) in [6.07, 6.45) is -2.54.